The molecule has 0 spiro atoms. The molecule has 0 radical (unpaired) electrons. The molecule has 2 aromatic rings. The molecular weight excluding hydrogens is 319 g/mol. The molecular formula is C20H21FN2O2. The molecule has 2 N–H and O–H groups in total. The lowest BCUT2D eigenvalue weighted by atomic mass is 10.1. The first kappa shape index (κ1) is 17.1. The predicted octanol–water partition coefficient (Wildman–Crippen LogP) is 2.70. The summed E-state index contributed by atoms with van der Waals surface area (Å²) in [7, 11) is 0. The number of hydrogen-bond donors (Lipinski definition) is 2. The van der Waals surface area contributed by atoms with Crippen LogP contribution in [0.25, 0.3) is 0 Å². The van der Waals surface area contributed by atoms with Crippen LogP contribution in [0.4, 0.5) is 4.39 Å². The van der Waals surface area contributed by atoms with Gasteiger partial charge in [0.2, 0.25) is 11.8 Å². The van der Waals surface area contributed by atoms with Crippen molar-refractivity contribution in [3.05, 3.63) is 71.0 Å². The molecule has 5 heteroatoms. The third-order valence-electron chi connectivity index (χ3n) is 4.59. The number of carbonyl (C=O) groups excluding carboxylic acids is 2. The zero-order valence-corrected chi connectivity index (χ0v) is 14.1. The third kappa shape index (κ3) is 4.24. The highest BCUT2D eigenvalue weighted by Crippen LogP contribution is 2.38. The van der Waals surface area contributed by atoms with Gasteiger partial charge in [0.15, 0.2) is 0 Å². The summed E-state index contributed by atoms with van der Waals surface area (Å²) in [4.78, 5) is 24.3. The second-order valence-corrected chi connectivity index (χ2v) is 6.40. The molecule has 2 atom stereocenters. The summed E-state index contributed by atoms with van der Waals surface area (Å²) in [5.74, 6) is -1.24. The highest BCUT2D eigenvalue weighted by molar-refractivity contribution is 5.92. The molecule has 25 heavy (non-hydrogen) atoms. The Morgan fingerprint density at radius 1 is 0.920 bits per heavy atom. The maximum atomic E-state index is 13.5. The second-order valence-electron chi connectivity index (χ2n) is 6.40. The maximum Gasteiger partial charge on any atom is 0.224 e. The van der Waals surface area contributed by atoms with Crippen LogP contribution in [0.1, 0.15) is 23.1 Å². The molecule has 0 aliphatic heterocycles. The van der Waals surface area contributed by atoms with E-state index in [1.807, 2.05) is 31.2 Å². The van der Waals surface area contributed by atoms with Crippen LogP contribution in [0, 0.1) is 24.6 Å². The molecule has 1 aliphatic carbocycles. The van der Waals surface area contributed by atoms with Crippen LogP contribution < -0.4 is 10.6 Å². The number of hydrogen-bond acceptors (Lipinski definition) is 2. The van der Waals surface area contributed by atoms with Crippen LogP contribution in [0.2, 0.25) is 0 Å². The van der Waals surface area contributed by atoms with Crippen LogP contribution in [0.3, 0.4) is 0 Å². The summed E-state index contributed by atoms with van der Waals surface area (Å²) in [6, 6.07) is 14.2. The van der Waals surface area contributed by atoms with Crippen molar-refractivity contribution in [3.8, 4) is 0 Å². The highest BCUT2D eigenvalue weighted by atomic mass is 19.1. The maximum absolute atomic E-state index is 13.5. The average molecular weight is 340 g/mol. The summed E-state index contributed by atoms with van der Waals surface area (Å²) in [6.45, 7) is 2.60. The van der Waals surface area contributed by atoms with E-state index in [0.29, 0.717) is 18.5 Å². The summed E-state index contributed by atoms with van der Waals surface area (Å²) in [5.41, 5.74) is 2.63. The molecule has 3 rings (SSSR count). The van der Waals surface area contributed by atoms with E-state index in [4.69, 9.17) is 0 Å². The zero-order valence-electron chi connectivity index (χ0n) is 14.1. The summed E-state index contributed by atoms with van der Waals surface area (Å²) in [5, 5.41) is 5.60. The van der Waals surface area contributed by atoms with E-state index in [1.165, 1.54) is 6.07 Å². The Morgan fingerprint density at radius 3 is 2.04 bits per heavy atom. The Kier molecular flexibility index (Phi) is 5.12. The molecule has 0 bridgehead atoms. The lowest BCUT2D eigenvalue weighted by Gasteiger charge is -2.08. The minimum atomic E-state index is -0.342. The number of carbonyl (C=O) groups is 2. The molecule has 1 fully saturated rings. The van der Waals surface area contributed by atoms with Gasteiger partial charge in [-0.15, -0.1) is 0 Å². The molecule has 4 nitrogen and oxygen atoms in total. The van der Waals surface area contributed by atoms with E-state index in [9.17, 15) is 14.0 Å². The molecule has 2 unspecified atom stereocenters. The standard InChI is InChI=1S/C20H21FN2O2/c1-13-6-2-3-7-14(13)11-22-19(24)16-10-17(16)20(25)23-12-15-8-4-5-9-18(15)21/h2-9,16-17H,10-12H2,1H3,(H,22,24)(H,23,25). The first-order valence-corrected chi connectivity index (χ1v) is 8.39. The summed E-state index contributed by atoms with van der Waals surface area (Å²) >= 11 is 0. The number of rotatable bonds is 6. The SMILES string of the molecule is Cc1ccccc1CNC(=O)C1CC1C(=O)NCc1ccccc1F. The molecule has 130 valence electrons. The number of amides is 2. The molecule has 2 amide bonds. The quantitative estimate of drug-likeness (QED) is 0.849. The smallest absolute Gasteiger partial charge is 0.224 e. The third-order valence-corrected chi connectivity index (χ3v) is 4.59. The lowest BCUT2D eigenvalue weighted by Crippen LogP contribution is -2.30. The van der Waals surface area contributed by atoms with E-state index in [0.717, 1.165) is 11.1 Å². The van der Waals surface area contributed by atoms with Crippen LogP contribution in [-0.2, 0) is 22.7 Å². The van der Waals surface area contributed by atoms with Crippen molar-refractivity contribution >= 4 is 11.8 Å². The van der Waals surface area contributed by atoms with E-state index >= 15 is 0 Å². The largest absolute Gasteiger partial charge is 0.352 e. The molecule has 2 aromatic carbocycles. The van der Waals surface area contributed by atoms with Gasteiger partial charge >= 0.3 is 0 Å². The molecule has 1 saturated carbocycles. The fourth-order valence-corrected chi connectivity index (χ4v) is 2.85. The first-order valence-electron chi connectivity index (χ1n) is 8.39. The van der Waals surface area contributed by atoms with E-state index in [1.54, 1.807) is 18.2 Å². The molecule has 1 aliphatic rings. The molecule has 0 heterocycles. The Balaban J connectivity index is 1.45. The first-order chi connectivity index (χ1) is 12.1. The van der Waals surface area contributed by atoms with Gasteiger partial charge in [-0.25, -0.2) is 4.39 Å². The van der Waals surface area contributed by atoms with Crippen molar-refractivity contribution in [2.24, 2.45) is 11.8 Å². The second kappa shape index (κ2) is 7.47. The normalized spacial score (nSPS) is 18.5. The number of benzene rings is 2. The molecule has 0 aromatic heterocycles. The van der Waals surface area contributed by atoms with Crippen LogP contribution in [0.5, 0.6) is 0 Å². The minimum absolute atomic E-state index is 0.103. The lowest BCUT2D eigenvalue weighted by molar-refractivity contribution is -0.127. The Bertz CT molecular complexity index is 725. The van der Waals surface area contributed by atoms with Gasteiger partial charge in [-0.1, -0.05) is 42.5 Å². The van der Waals surface area contributed by atoms with Gasteiger partial charge in [0.1, 0.15) is 5.82 Å². The van der Waals surface area contributed by atoms with Crippen molar-refractivity contribution in [1.29, 1.82) is 0 Å². The highest BCUT2D eigenvalue weighted by Gasteiger charge is 2.47. The minimum Gasteiger partial charge on any atom is -0.352 e. The van der Waals surface area contributed by atoms with Crippen molar-refractivity contribution in [2.45, 2.75) is 26.4 Å². The van der Waals surface area contributed by atoms with Crippen LogP contribution >= 0.6 is 0 Å². The fraction of sp³-hybridized carbons (Fsp3) is 0.300. The van der Waals surface area contributed by atoms with E-state index in [-0.39, 0.29) is 36.0 Å². The van der Waals surface area contributed by atoms with Crippen molar-refractivity contribution in [3.63, 3.8) is 0 Å². The van der Waals surface area contributed by atoms with E-state index < -0.39 is 0 Å². The fourth-order valence-electron chi connectivity index (χ4n) is 2.85. The number of halogens is 1. The van der Waals surface area contributed by atoms with Gasteiger partial charge < -0.3 is 10.6 Å². The monoisotopic (exact) mass is 340 g/mol. The average Bonchev–Trinajstić information content (AvgIpc) is 3.41. The van der Waals surface area contributed by atoms with Gasteiger partial charge in [0, 0.05) is 18.7 Å². The van der Waals surface area contributed by atoms with Crippen LogP contribution in [-0.4, -0.2) is 11.8 Å². The Hall–Kier alpha value is -2.69. The van der Waals surface area contributed by atoms with Crippen molar-refractivity contribution in [2.75, 3.05) is 0 Å². The zero-order chi connectivity index (χ0) is 17.8. The van der Waals surface area contributed by atoms with Gasteiger partial charge in [0.05, 0.1) is 11.8 Å². The Morgan fingerprint density at radius 2 is 1.44 bits per heavy atom. The van der Waals surface area contributed by atoms with Gasteiger partial charge in [-0.2, -0.15) is 0 Å². The molecule has 0 saturated heterocycles. The van der Waals surface area contributed by atoms with Gasteiger partial charge in [-0.3, -0.25) is 9.59 Å². The van der Waals surface area contributed by atoms with Gasteiger partial charge in [-0.05, 0) is 30.5 Å². The number of nitrogens with one attached hydrogen (secondary N) is 2. The van der Waals surface area contributed by atoms with E-state index in [2.05, 4.69) is 10.6 Å². The van der Waals surface area contributed by atoms with Crippen molar-refractivity contribution in [1.82, 2.24) is 10.6 Å². The summed E-state index contributed by atoms with van der Waals surface area (Å²) < 4.78 is 13.5. The summed E-state index contributed by atoms with van der Waals surface area (Å²) in [6.07, 6.45) is 0.544. The predicted molar refractivity (Wildman–Crippen MR) is 92.9 cm³/mol. The van der Waals surface area contributed by atoms with Gasteiger partial charge in [0.25, 0.3) is 0 Å². The van der Waals surface area contributed by atoms with Crippen LogP contribution in [0.15, 0.2) is 48.5 Å². The van der Waals surface area contributed by atoms with Crippen molar-refractivity contribution < 1.29 is 14.0 Å². The Labute approximate surface area is 146 Å². The number of aryl methyl sites for hydroxylation is 1. The topological polar surface area (TPSA) is 58.2 Å².